The average molecular weight is 595 g/mol. The van der Waals surface area contributed by atoms with Gasteiger partial charge in [-0.1, -0.05) is 72.2 Å². The Balaban J connectivity index is 0.000000230. The highest BCUT2D eigenvalue weighted by Crippen LogP contribution is 2.31. The predicted octanol–water partition coefficient (Wildman–Crippen LogP) is 10.3. The number of hydrogen-bond donors (Lipinski definition) is 2. The lowest BCUT2D eigenvalue weighted by Crippen LogP contribution is -2.18. The van der Waals surface area contributed by atoms with Gasteiger partial charge in [0.25, 0.3) is 0 Å². The molecule has 4 rings (SSSR count). The summed E-state index contributed by atoms with van der Waals surface area (Å²) >= 11 is 3.62. The number of allylic oxidation sites excluding steroid dienone is 2. The van der Waals surface area contributed by atoms with Gasteiger partial charge in [0.05, 0.1) is 0 Å². The van der Waals surface area contributed by atoms with E-state index in [0.717, 1.165) is 13.1 Å². The Labute approximate surface area is 262 Å². The van der Waals surface area contributed by atoms with Crippen molar-refractivity contribution in [1.29, 1.82) is 0 Å². The van der Waals surface area contributed by atoms with E-state index in [9.17, 15) is 0 Å². The fourth-order valence-corrected chi connectivity index (χ4v) is 6.24. The van der Waals surface area contributed by atoms with Gasteiger partial charge < -0.3 is 10.6 Å². The minimum Gasteiger partial charge on any atom is -0.307 e. The average Bonchev–Trinajstić information content (AvgIpc) is 3.56. The van der Waals surface area contributed by atoms with E-state index >= 15 is 0 Å². The zero-order chi connectivity index (χ0) is 30.6. The minimum atomic E-state index is 0.0701. The Morgan fingerprint density at radius 1 is 0.643 bits per heavy atom. The number of hydrogen-bond acceptors (Lipinski definition) is 4. The monoisotopic (exact) mass is 594 g/mol. The van der Waals surface area contributed by atoms with Gasteiger partial charge in [0.15, 0.2) is 0 Å². The molecule has 42 heavy (non-hydrogen) atoms. The lowest BCUT2D eigenvalue weighted by molar-refractivity contribution is 0.570. The maximum atomic E-state index is 3.53. The van der Waals surface area contributed by atoms with Crippen molar-refractivity contribution in [3.05, 3.63) is 94.7 Å². The molecule has 2 N–H and O–H groups in total. The van der Waals surface area contributed by atoms with Crippen molar-refractivity contribution in [2.75, 3.05) is 13.1 Å². The molecule has 2 aromatic carbocycles. The second kappa shape index (κ2) is 15.9. The highest BCUT2D eigenvalue weighted by Gasteiger charge is 2.11. The molecule has 0 bridgehead atoms. The van der Waals surface area contributed by atoms with Crippen LogP contribution in [-0.4, -0.2) is 13.1 Å². The Morgan fingerprint density at radius 3 is 1.40 bits per heavy atom. The van der Waals surface area contributed by atoms with Gasteiger partial charge in [0.1, 0.15) is 0 Å². The summed E-state index contributed by atoms with van der Waals surface area (Å²) in [4.78, 5) is 0. The standard InChI is InChI=1S/2C19H23NS/c2*1-15(20-13-9-5-8-12-19(2,3)4)17-14-21-18-11-7-6-10-16(17)18/h2*5-7,9-11,14-15,20H,13H2,1-4H3/b9-5+;9-5-. The number of fused-ring (bicyclic) bond motifs is 2. The van der Waals surface area contributed by atoms with E-state index in [-0.39, 0.29) is 10.8 Å². The molecule has 0 saturated heterocycles. The lowest BCUT2D eigenvalue weighted by atomic mass is 9.98. The fraction of sp³-hybridized carbons (Fsp3) is 0.368. The van der Waals surface area contributed by atoms with E-state index in [0.29, 0.717) is 12.1 Å². The van der Waals surface area contributed by atoms with Crippen LogP contribution in [0.25, 0.3) is 20.2 Å². The highest BCUT2D eigenvalue weighted by atomic mass is 32.1. The van der Waals surface area contributed by atoms with Crippen LogP contribution in [0.3, 0.4) is 0 Å². The lowest BCUT2D eigenvalue weighted by Gasteiger charge is -2.11. The topological polar surface area (TPSA) is 24.1 Å². The highest BCUT2D eigenvalue weighted by molar-refractivity contribution is 7.17. The summed E-state index contributed by atoms with van der Waals surface area (Å²) in [6.45, 7) is 18.8. The number of benzene rings is 2. The predicted molar refractivity (Wildman–Crippen MR) is 189 cm³/mol. The number of nitrogens with one attached hydrogen (secondary N) is 2. The van der Waals surface area contributed by atoms with Gasteiger partial charge in [-0.2, -0.15) is 0 Å². The largest absolute Gasteiger partial charge is 0.307 e. The summed E-state index contributed by atoms with van der Waals surface area (Å²) in [6, 6.07) is 17.8. The first-order valence-corrected chi connectivity index (χ1v) is 16.4. The van der Waals surface area contributed by atoms with E-state index in [1.165, 1.54) is 31.3 Å². The van der Waals surface area contributed by atoms with E-state index in [1.807, 2.05) is 34.8 Å². The van der Waals surface area contributed by atoms with Crippen LogP contribution >= 0.6 is 22.7 Å². The van der Waals surface area contributed by atoms with Gasteiger partial charge in [-0.05, 0) is 112 Å². The summed E-state index contributed by atoms with van der Waals surface area (Å²) in [6.07, 6.45) is 8.06. The summed E-state index contributed by atoms with van der Waals surface area (Å²) in [7, 11) is 0. The summed E-state index contributed by atoms with van der Waals surface area (Å²) in [5, 5.41) is 14.3. The van der Waals surface area contributed by atoms with Gasteiger partial charge in [0, 0.05) is 45.4 Å². The molecule has 2 unspecified atom stereocenters. The van der Waals surface area contributed by atoms with Crippen molar-refractivity contribution in [2.45, 2.75) is 67.5 Å². The Kier molecular flexibility index (Phi) is 12.7. The molecule has 0 fully saturated rings. The molecule has 2 nitrogen and oxygen atoms in total. The molecule has 0 radical (unpaired) electrons. The quantitative estimate of drug-likeness (QED) is 0.198. The first-order chi connectivity index (χ1) is 19.9. The number of thiophene rings is 2. The van der Waals surface area contributed by atoms with Crippen LogP contribution in [0.2, 0.25) is 0 Å². The normalized spacial score (nSPS) is 13.3. The van der Waals surface area contributed by atoms with Crippen LogP contribution in [-0.2, 0) is 0 Å². The van der Waals surface area contributed by atoms with Gasteiger partial charge in [0.2, 0.25) is 0 Å². The molecule has 4 heteroatoms. The van der Waals surface area contributed by atoms with E-state index in [4.69, 9.17) is 0 Å². The van der Waals surface area contributed by atoms with Crippen LogP contribution in [0, 0.1) is 34.5 Å². The van der Waals surface area contributed by atoms with Gasteiger partial charge in [-0.3, -0.25) is 0 Å². The van der Waals surface area contributed by atoms with Gasteiger partial charge in [-0.15, -0.1) is 22.7 Å². The number of rotatable bonds is 8. The summed E-state index contributed by atoms with van der Waals surface area (Å²) in [5.41, 5.74) is 2.90. The molecule has 4 aromatic rings. The molecule has 0 spiro atoms. The zero-order valence-electron chi connectivity index (χ0n) is 26.5. The third-order valence-corrected chi connectivity index (χ3v) is 8.30. The summed E-state index contributed by atoms with van der Waals surface area (Å²) in [5.74, 6) is 12.6. The maximum Gasteiger partial charge on any atom is 0.0346 e. The second-order valence-electron chi connectivity index (χ2n) is 12.5. The summed E-state index contributed by atoms with van der Waals surface area (Å²) < 4.78 is 2.71. The fourth-order valence-electron chi connectivity index (χ4n) is 4.13. The van der Waals surface area contributed by atoms with E-state index in [1.54, 1.807) is 0 Å². The molecule has 0 aliphatic heterocycles. The zero-order valence-corrected chi connectivity index (χ0v) is 28.1. The van der Waals surface area contributed by atoms with E-state index < -0.39 is 0 Å². The molecule has 220 valence electrons. The molecule has 0 saturated carbocycles. The third kappa shape index (κ3) is 11.3. The Morgan fingerprint density at radius 2 is 1.02 bits per heavy atom. The van der Waals surface area contributed by atoms with Crippen molar-refractivity contribution < 1.29 is 0 Å². The van der Waals surface area contributed by atoms with Crippen LogP contribution < -0.4 is 10.6 Å². The smallest absolute Gasteiger partial charge is 0.0346 e. The van der Waals surface area contributed by atoms with Gasteiger partial charge >= 0.3 is 0 Å². The van der Waals surface area contributed by atoms with Crippen molar-refractivity contribution in [3.63, 3.8) is 0 Å². The second-order valence-corrected chi connectivity index (χ2v) is 14.3. The third-order valence-electron chi connectivity index (χ3n) is 6.34. The first kappa shape index (κ1) is 33.4. The maximum absolute atomic E-state index is 3.53. The first-order valence-electron chi connectivity index (χ1n) is 14.7. The minimum absolute atomic E-state index is 0.0701. The molecule has 2 atom stereocenters. The SMILES string of the molecule is CC(NC/C=C/C#CC(C)(C)C)c1csc2ccccc12.CC(NC/C=C\C#CC(C)(C)C)c1csc2ccccc12. The molecule has 0 aliphatic carbocycles. The van der Waals surface area contributed by atoms with Crippen LogP contribution in [0.5, 0.6) is 0 Å². The van der Waals surface area contributed by atoms with Crippen LogP contribution in [0.15, 0.2) is 83.6 Å². The van der Waals surface area contributed by atoms with Crippen LogP contribution in [0.4, 0.5) is 0 Å². The Hall–Kier alpha value is -3.12. The molecular weight excluding hydrogens is 549 g/mol. The molecule has 2 aromatic heterocycles. The molecule has 0 amide bonds. The van der Waals surface area contributed by atoms with Crippen LogP contribution in [0.1, 0.15) is 78.6 Å². The van der Waals surface area contributed by atoms with Crippen molar-refractivity contribution in [3.8, 4) is 23.7 Å². The van der Waals surface area contributed by atoms with Crippen molar-refractivity contribution in [2.24, 2.45) is 10.8 Å². The van der Waals surface area contributed by atoms with Crippen molar-refractivity contribution in [1.82, 2.24) is 10.6 Å². The Bertz CT molecular complexity index is 1480. The van der Waals surface area contributed by atoms with Gasteiger partial charge in [-0.25, -0.2) is 0 Å². The molecular formula is C38H46N2S2. The molecule has 2 heterocycles. The van der Waals surface area contributed by atoms with E-state index in [2.05, 4.69) is 161 Å². The molecule has 0 aliphatic rings. The van der Waals surface area contributed by atoms with Crippen molar-refractivity contribution >= 4 is 42.8 Å².